The fourth-order valence-electron chi connectivity index (χ4n) is 1.16. The third-order valence-electron chi connectivity index (χ3n) is 1.89. The fourth-order valence-corrected chi connectivity index (χ4v) is 2.56. The second-order valence-electron chi connectivity index (χ2n) is 2.92. The van der Waals surface area contributed by atoms with E-state index in [0.717, 1.165) is 0 Å². The molecule has 0 aliphatic heterocycles. The molecule has 0 bridgehead atoms. The van der Waals surface area contributed by atoms with Gasteiger partial charge in [0.15, 0.2) is 0 Å². The molecule has 7 heteroatoms. The number of rotatable bonds is 2. The van der Waals surface area contributed by atoms with Crippen molar-refractivity contribution in [3.05, 3.63) is 49.5 Å². The molecule has 0 aromatic carbocycles. The van der Waals surface area contributed by atoms with Gasteiger partial charge in [0.1, 0.15) is 16.5 Å². The van der Waals surface area contributed by atoms with Crippen molar-refractivity contribution in [3.63, 3.8) is 0 Å². The zero-order chi connectivity index (χ0) is 12.3. The average Bonchev–Trinajstić information content (AvgIpc) is 2.96. The lowest BCUT2D eigenvalue weighted by Gasteiger charge is -1.93. The molecule has 2 heterocycles. The second kappa shape index (κ2) is 4.86. The summed E-state index contributed by atoms with van der Waals surface area (Å²) in [4.78, 5) is 14.8. The summed E-state index contributed by atoms with van der Waals surface area (Å²) in [6, 6.07) is 6.89. The highest BCUT2D eigenvalue weighted by molar-refractivity contribution is 7.14. The van der Waals surface area contributed by atoms with Gasteiger partial charge in [0, 0.05) is 0 Å². The van der Waals surface area contributed by atoms with Crippen LogP contribution in [-0.2, 0) is 0 Å². The van der Waals surface area contributed by atoms with E-state index in [0.29, 0.717) is 15.4 Å². The van der Waals surface area contributed by atoms with Gasteiger partial charge in [-0.15, -0.1) is 11.3 Å². The van der Waals surface area contributed by atoms with Crippen LogP contribution < -0.4 is 0 Å². The Labute approximate surface area is 104 Å². The van der Waals surface area contributed by atoms with Crippen LogP contribution in [0.25, 0.3) is 0 Å². The summed E-state index contributed by atoms with van der Waals surface area (Å²) >= 11 is 2.45. The molecule has 2 rings (SSSR count). The molecule has 5 nitrogen and oxygen atoms in total. The van der Waals surface area contributed by atoms with Crippen LogP contribution in [0.4, 0.5) is 5.00 Å². The molecular formula is C10H5N3O2S2. The topological polar surface area (TPSA) is 79.3 Å². The van der Waals surface area contributed by atoms with Gasteiger partial charge in [0.25, 0.3) is 0 Å². The first-order valence-electron chi connectivity index (χ1n) is 4.47. The van der Waals surface area contributed by atoms with Crippen LogP contribution in [0.2, 0.25) is 0 Å². The Morgan fingerprint density at radius 3 is 2.82 bits per heavy atom. The standard InChI is InChI=1S/C10H5N3O2S2/c11-6-7-3-5-17-10(7)12-9(13(14)15)8-2-1-4-16-8/h1-5H. The van der Waals surface area contributed by atoms with Crippen molar-refractivity contribution in [2.24, 2.45) is 4.99 Å². The quantitative estimate of drug-likeness (QED) is 0.361. The van der Waals surface area contributed by atoms with Gasteiger partial charge in [-0.2, -0.15) is 5.26 Å². The number of aliphatic imine (C=N–C) groups is 1. The lowest BCUT2D eigenvalue weighted by molar-refractivity contribution is -0.348. The van der Waals surface area contributed by atoms with Crippen molar-refractivity contribution in [2.45, 2.75) is 0 Å². The molecule has 0 saturated heterocycles. The summed E-state index contributed by atoms with van der Waals surface area (Å²) in [5.41, 5.74) is 0.353. The molecule has 0 aliphatic carbocycles. The first kappa shape index (κ1) is 11.4. The molecule has 0 amide bonds. The first-order chi connectivity index (χ1) is 8.22. The van der Waals surface area contributed by atoms with E-state index in [1.807, 2.05) is 6.07 Å². The number of nitriles is 1. The van der Waals surface area contributed by atoms with E-state index in [-0.39, 0.29) is 5.84 Å². The van der Waals surface area contributed by atoms with E-state index in [1.54, 1.807) is 29.0 Å². The van der Waals surface area contributed by atoms with Crippen molar-refractivity contribution in [3.8, 4) is 6.07 Å². The summed E-state index contributed by atoms with van der Waals surface area (Å²) in [6.45, 7) is 0. The highest BCUT2D eigenvalue weighted by atomic mass is 32.1. The smallest absolute Gasteiger partial charge is 0.358 e. The van der Waals surface area contributed by atoms with Gasteiger partial charge in [-0.3, -0.25) is 0 Å². The van der Waals surface area contributed by atoms with Gasteiger partial charge >= 0.3 is 5.84 Å². The molecule has 0 N–H and O–H groups in total. The van der Waals surface area contributed by atoms with Gasteiger partial charge in [-0.05, 0) is 32.8 Å². The van der Waals surface area contributed by atoms with Crippen molar-refractivity contribution < 1.29 is 4.92 Å². The minimum atomic E-state index is -0.535. The summed E-state index contributed by atoms with van der Waals surface area (Å²) in [7, 11) is 0. The molecule has 0 aliphatic rings. The minimum absolute atomic E-state index is 0.223. The predicted octanol–water partition coefficient (Wildman–Crippen LogP) is 3.04. The minimum Gasteiger partial charge on any atom is -0.358 e. The molecule has 2 aromatic rings. The molecular weight excluding hydrogens is 258 g/mol. The third kappa shape index (κ3) is 2.38. The van der Waals surface area contributed by atoms with E-state index < -0.39 is 4.92 Å². The van der Waals surface area contributed by atoms with Crippen LogP contribution in [0.3, 0.4) is 0 Å². The molecule has 0 unspecified atom stereocenters. The summed E-state index contributed by atoms with van der Waals surface area (Å²) in [5.74, 6) is -0.223. The van der Waals surface area contributed by atoms with Crippen LogP contribution in [0.1, 0.15) is 10.4 Å². The summed E-state index contributed by atoms with van der Waals surface area (Å²) < 4.78 is 0. The maximum Gasteiger partial charge on any atom is 0.382 e. The summed E-state index contributed by atoms with van der Waals surface area (Å²) in [5, 5.41) is 23.5. The van der Waals surface area contributed by atoms with Gasteiger partial charge < -0.3 is 10.1 Å². The average molecular weight is 263 g/mol. The van der Waals surface area contributed by atoms with Crippen molar-refractivity contribution in [2.75, 3.05) is 0 Å². The van der Waals surface area contributed by atoms with Crippen LogP contribution in [0.15, 0.2) is 34.0 Å². The van der Waals surface area contributed by atoms with Gasteiger partial charge in [-0.1, -0.05) is 17.4 Å². The fraction of sp³-hybridized carbons (Fsp3) is 0. The predicted molar refractivity (Wildman–Crippen MR) is 66.5 cm³/mol. The van der Waals surface area contributed by atoms with Gasteiger partial charge in [-0.25, -0.2) is 0 Å². The second-order valence-corrected chi connectivity index (χ2v) is 4.76. The number of nitrogens with zero attached hydrogens (tertiary/aromatic N) is 3. The number of amidine groups is 1. The number of nitro groups is 1. The SMILES string of the molecule is N#Cc1ccsc1N=C(c1cccs1)[N+](=O)[O-]. The number of hydrogen-bond donors (Lipinski definition) is 0. The van der Waals surface area contributed by atoms with E-state index in [4.69, 9.17) is 5.26 Å². The Bertz CT molecular complexity index is 608. The Morgan fingerprint density at radius 1 is 1.41 bits per heavy atom. The highest BCUT2D eigenvalue weighted by Gasteiger charge is 2.20. The maximum atomic E-state index is 10.9. The van der Waals surface area contributed by atoms with Gasteiger partial charge in [0.2, 0.25) is 5.00 Å². The van der Waals surface area contributed by atoms with Crippen LogP contribution in [0.5, 0.6) is 0 Å². The monoisotopic (exact) mass is 263 g/mol. The van der Waals surface area contributed by atoms with Crippen LogP contribution in [0, 0.1) is 21.4 Å². The van der Waals surface area contributed by atoms with E-state index in [9.17, 15) is 10.1 Å². The zero-order valence-electron chi connectivity index (χ0n) is 8.36. The van der Waals surface area contributed by atoms with Crippen molar-refractivity contribution >= 4 is 33.5 Å². The molecule has 0 spiro atoms. The van der Waals surface area contributed by atoms with E-state index in [2.05, 4.69) is 4.99 Å². The Kier molecular flexibility index (Phi) is 3.27. The van der Waals surface area contributed by atoms with Crippen LogP contribution >= 0.6 is 22.7 Å². The van der Waals surface area contributed by atoms with Crippen LogP contribution in [-0.4, -0.2) is 10.8 Å². The Balaban J connectivity index is 2.49. The molecule has 17 heavy (non-hydrogen) atoms. The lowest BCUT2D eigenvalue weighted by Crippen LogP contribution is -2.11. The number of hydrogen-bond acceptors (Lipinski definition) is 6. The molecule has 0 radical (unpaired) electrons. The lowest BCUT2D eigenvalue weighted by atomic mass is 10.3. The third-order valence-corrected chi connectivity index (χ3v) is 3.56. The summed E-state index contributed by atoms with van der Waals surface area (Å²) in [6.07, 6.45) is 0. The zero-order valence-corrected chi connectivity index (χ0v) is 9.99. The first-order valence-corrected chi connectivity index (χ1v) is 6.23. The van der Waals surface area contributed by atoms with E-state index >= 15 is 0 Å². The molecule has 84 valence electrons. The van der Waals surface area contributed by atoms with Crippen molar-refractivity contribution in [1.29, 1.82) is 5.26 Å². The molecule has 0 atom stereocenters. The Morgan fingerprint density at radius 2 is 2.24 bits per heavy atom. The number of thiophene rings is 2. The largest absolute Gasteiger partial charge is 0.382 e. The molecule has 0 saturated carbocycles. The molecule has 0 fully saturated rings. The van der Waals surface area contributed by atoms with E-state index in [1.165, 1.54) is 22.7 Å². The van der Waals surface area contributed by atoms with Gasteiger partial charge in [0.05, 0.1) is 0 Å². The molecule has 2 aromatic heterocycles. The highest BCUT2D eigenvalue weighted by Crippen LogP contribution is 2.27. The van der Waals surface area contributed by atoms with Crippen molar-refractivity contribution in [1.82, 2.24) is 0 Å². The maximum absolute atomic E-state index is 10.9. The Hall–Kier alpha value is -2.04. The normalized spacial score (nSPS) is 11.1.